The molecule has 6 nitrogen and oxygen atoms in total. The van der Waals surface area contributed by atoms with Crippen molar-refractivity contribution in [3.8, 4) is 22.9 Å². The van der Waals surface area contributed by atoms with Crippen LogP contribution in [0.2, 0.25) is 0 Å². The zero-order valence-electron chi connectivity index (χ0n) is 25.9. The Morgan fingerprint density at radius 2 is 1.04 bits per heavy atom. The number of hydrogen-bond acceptors (Lipinski definition) is 4. The van der Waals surface area contributed by atoms with Crippen LogP contribution in [0, 0.1) is 0 Å². The number of rotatable bonds is 4. The van der Waals surface area contributed by atoms with E-state index in [-0.39, 0.29) is 0 Å². The molecule has 226 valence electrons. The van der Waals surface area contributed by atoms with E-state index in [0.717, 1.165) is 61.2 Å². The molecule has 1 N–H and O–H groups in total. The molecule has 9 aromatic rings. The number of hydrogen-bond donors (Lipinski definition) is 1. The SMILES string of the molecule is c1ccc(C2=Nc3nc(-n4c5ccccc5c5cc6c7ccccc7n(-c7ccccc7)c6cc54)nc(-c4ccccc4)c3CN2)cc1. The molecular formula is C42H28N6. The van der Waals surface area contributed by atoms with Gasteiger partial charge in [0.15, 0.2) is 5.82 Å². The first kappa shape index (κ1) is 26.7. The molecule has 0 atom stereocenters. The molecule has 0 saturated heterocycles. The Morgan fingerprint density at radius 3 is 1.73 bits per heavy atom. The summed E-state index contributed by atoms with van der Waals surface area (Å²) in [7, 11) is 0. The van der Waals surface area contributed by atoms with Gasteiger partial charge in [0.2, 0.25) is 5.95 Å². The monoisotopic (exact) mass is 616 g/mol. The first-order valence-corrected chi connectivity index (χ1v) is 16.2. The molecular weight excluding hydrogens is 589 g/mol. The molecule has 1 aliphatic rings. The zero-order valence-corrected chi connectivity index (χ0v) is 25.9. The van der Waals surface area contributed by atoms with E-state index >= 15 is 0 Å². The average Bonchev–Trinajstić information content (AvgIpc) is 3.66. The quantitative estimate of drug-likeness (QED) is 0.214. The van der Waals surface area contributed by atoms with E-state index in [4.69, 9.17) is 15.0 Å². The zero-order chi connectivity index (χ0) is 31.6. The van der Waals surface area contributed by atoms with E-state index in [1.54, 1.807) is 0 Å². The summed E-state index contributed by atoms with van der Waals surface area (Å²) < 4.78 is 4.57. The van der Waals surface area contributed by atoms with Gasteiger partial charge in [-0.25, -0.2) is 9.98 Å². The molecule has 3 aromatic heterocycles. The van der Waals surface area contributed by atoms with Crippen molar-refractivity contribution in [3.05, 3.63) is 163 Å². The number of aromatic nitrogens is 4. The van der Waals surface area contributed by atoms with Crippen LogP contribution in [0.1, 0.15) is 11.1 Å². The van der Waals surface area contributed by atoms with Gasteiger partial charge in [-0.1, -0.05) is 115 Å². The van der Waals surface area contributed by atoms with Crippen molar-refractivity contribution in [2.75, 3.05) is 0 Å². The molecule has 10 rings (SSSR count). The van der Waals surface area contributed by atoms with E-state index in [1.807, 2.05) is 24.3 Å². The number of nitrogens with zero attached hydrogens (tertiary/aromatic N) is 5. The van der Waals surface area contributed by atoms with Crippen molar-refractivity contribution in [2.24, 2.45) is 4.99 Å². The Morgan fingerprint density at radius 1 is 0.479 bits per heavy atom. The van der Waals surface area contributed by atoms with E-state index < -0.39 is 0 Å². The molecule has 0 fully saturated rings. The van der Waals surface area contributed by atoms with Crippen LogP contribution in [-0.4, -0.2) is 24.9 Å². The summed E-state index contributed by atoms with van der Waals surface area (Å²) in [4.78, 5) is 15.7. The first-order valence-electron chi connectivity index (χ1n) is 16.2. The van der Waals surface area contributed by atoms with Gasteiger partial charge in [0.05, 0.1) is 27.8 Å². The van der Waals surface area contributed by atoms with Crippen LogP contribution in [0.15, 0.2) is 157 Å². The third-order valence-electron chi connectivity index (χ3n) is 9.40. The number of nitrogens with one attached hydrogen (secondary N) is 1. The predicted octanol–water partition coefficient (Wildman–Crippen LogP) is 9.52. The Hall–Kier alpha value is -6.53. The number of aliphatic imine (C=N–C) groups is 1. The first-order chi connectivity index (χ1) is 23.8. The van der Waals surface area contributed by atoms with E-state index in [9.17, 15) is 0 Å². The normalized spacial score (nSPS) is 12.8. The van der Waals surface area contributed by atoms with Crippen LogP contribution in [0.4, 0.5) is 5.82 Å². The fourth-order valence-electron chi connectivity index (χ4n) is 7.23. The minimum Gasteiger partial charge on any atom is -0.365 e. The lowest BCUT2D eigenvalue weighted by molar-refractivity contribution is 0.857. The maximum Gasteiger partial charge on any atom is 0.237 e. The van der Waals surface area contributed by atoms with Gasteiger partial charge in [0.1, 0.15) is 5.84 Å². The molecule has 1 aliphatic heterocycles. The van der Waals surface area contributed by atoms with Crippen LogP contribution in [0.3, 0.4) is 0 Å². The summed E-state index contributed by atoms with van der Waals surface area (Å²) in [5.74, 6) is 2.09. The minimum absolute atomic E-state index is 0.582. The lowest BCUT2D eigenvalue weighted by atomic mass is 10.0. The summed E-state index contributed by atoms with van der Waals surface area (Å²) >= 11 is 0. The minimum atomic E-state index is 0.582. The fourth-order valence-corrected chi connectivity index (χ4v) is 7.23. The predicted molar refractivity (Wildman–Crippen MR) is 196 cm³/mol. The third-order valence-corrected chi connectivity index (χ3v) is 9.40. The van der Waals surface area contributed by atoms with Crippen LogP contribution >= 0.6 is 0 Å². The largest absolute Gasteiger partial charge is 0.365 e. The Balaban J connectivity index is 1.30. The molecule has 0 aliphatic carbocycles. The lowest BCUT2D eigenvalue weighted by Gasteiger charge is -2.21. The van der Waals surface area contributed by atoms with Gasteiger partial charge >= 0.3 is 0 Å². The number of fused-ring (bicyclic) bond motifs is 7. The molecule has 48 heavy (non-hydrogen) atoms. The number of amidine groups is 1. The topological polar surface area (TPSA) is 60.0 Å². The third kappa shape index (κ3) is 4.02. The van der Waals surface area contributed by atoms with E-state index in [2.05, 4.69) is 142 Å². The van der Waals surface area contributed by atoms with Gasteiger partial charge in [-0.2, -0.15) is 4.98 Å². The molecule has 6 heteroatoms. The summed E-state index contributed by atoms with van der Waals surface area (Å²) in [5, 5.41) is 8.28. The van der Waals surface area contributed by atoms with Gasteiger partial charge in [-0.15, -0.1) is 0 Å². The maximum atomic E-state index is 5.34. The van der Waals surface area contributed by atoms with Crippen LogP contribution in [0.5, 0.6) is 0 Å². The van der Waals surface area contributed by atoms with Crippen LogP contribution in [0.25, 0.3) is 66.5 Å². The summed E-state index contributed by atoms with van der Waals surface area (Å²) in [6, 6.07) is 53.0. The molecule has 0 amide bonds. The number of benzene rings is 6. The van der Waals surface area contributed by atoms with E-state index in [0.29, 0.717) is 18.3 Å². The van der Waals surface area contributed by atoms with Crippen molar-refractivity contribution < 1.29 is 0 Å². The molecule has 4 heterocycles. The highest BCUT2D eigenvalue weighted by Gasteiger charge is 2.24. The fraction of sp³-hybridized carbons (Fsp3) is 0.0238. The smallest absolute Gasteiger partial charge is 0.237 e. The second-order valence-electron chi connectivity index (χ2n) is 12.1. The second kappa shape index (κ2) is 10.5. The van der Waals surface area contributed by atoms with Gasteiger partial charge < -0.3 is 9.88 Å². The Kier molecular flexibility index (Phi) is 5.84. The summed E-state index contributed by atoms with van der Waals surface area (Å²) in [6.07, 6.45) is 0. The van der Waals surface area contributed by atoms with Gasteiger partial charge in [0.25, 0.3) is 0 Å². The highest BCUT2D eigenvalue weighted by molar-refractivity contribution is 6.19. The number of para-hydroxylation sites is 3. The Labute approximate surface area is 276 Å². The Bertz CT molecular complexity index is 2710. The van der Waals surface area contributed by atoms with Gasteiger partial charge in [-0.05, 0) is 36.4 Å². The van der Waals surface area contributed by atoms with Crippen molar-refractivity contribution in [1.82, 2.24) is 24.4 Å². The standard InChI is InChI=1S/C42H28N6/c1-4-14-27(15-5-1)39-34-26-43-40(28-16-6-2-7-17-28)45-41(34)46-42(44-39)48-36-23-13-11-21-31(36)33-24-32-30-20-10-12-22-35(30)47(37(32)25-38(33)48)29-18-8-3-9-19-29/h1-25H,26H2,(H,43,44,45,46). The molecule has 0 bridgehead atoms. The van der Waals surface area contributed by atoms with Crippen molar-refractivity contribution in [2.45, 2.75) is 6.54 Å². The average molecular weight is 617 g/mol. The molecule has 0 saturated carbocycles. The highest BCUT2D eigenvalue weighted by atomic mass is 15.2. The molecule has 0 radical (unpaired) electrons. The van der Waals surface area contributed by atoms with Gasteiger partial charge in [0, 0.05) is 50.5 Å². The van der Waals surface area contributed by atoms with E-state index in [1.165, 1.54) is 16.3 Å². The lowest BCUT2D eigenvalue weighted by Crippen LogP contribution is -2.28. The van der Waals surface area contributed by atoms with Crippen LogP contribution < -0.4 is 5.32 Å². The summed E-state index contributed by atoms with van der Waals surface area (Å²) in [5.41, 5.74) is 9.45. The van der Waals surface area contributed by atoms with Crippen molar-refractivity contribution in [3.63, 3.8) is 0 Å². The molecule has 0 spiro atoms. The molecule has 6 aromatic carbocycles. The second-order valence-corrected chi connectivity index (χ2v) is 12.1. The maximum absolute atomic E-state index is 5.34. The van der Waals surface area contributed by atoms with Crippen molar-refractivity contribution >= 4 is 55.3 Å². The summed E-state index contributed by atoms with van der Waals surface area (Å²) in [6.45, 7) is 0.582. The van der Waals surface area contributed by atoms with Crippen LogP contribution in [-0.2, 0) is 6.54 Å². The highest BCUT2D eigenvalue weighted by Crippen LogP contribution is 2.40. The molecule has 0 unspecified atom stereocenters. The van der Waals surface area contributed by atoms with Gasteiger partial charge in [-0.3, -0.25) is 4.57 Å². The van der Waals surface area contributed by atoms with Crippen molar-refractivity contribution in [1.29, 1.82) is 0 Å².